The molecular weight excluding hydrogens is 497 g/mol. The quantitative estimate of drug-likeness (QED) is 0.520. The first-order chi connectivity index (χ1) is 15.7. The fraction of sp³-hybridized carbons (Fsp3) is 0.417. The van der Waals surface area contributed by atoms with Gasteiger partial charge in [-0.2, -0.15) is 0 Å². The molecule has 34 heavy (non-hydrogen) atoms. The normalized spacial score (nSPS) is 12.7. The van der Waals surface area contributed by atoms with Crippen molar-refractivity contribution < 1.29 is 18.0 Å². The molecule has 2 rings (SSSR count). The molecule has 7 nitrogen and oxygen atoms in total. The number of halogens is 2. The number of nitrogens with one attached hydrogen (secondary N) is 1. The minimum atomic E-state index is -3.77. The Balaban J connectivity index is 2.46. The zero-order valence-corrected chi connectivity index (χ0v) is 22.3. The molecule has 0 spiro atoms. The number of anilines is 1. The molecule has 0 aliphatic rings. The van der Waals surface area contributed by atoms with Crippen molar-refractivity contribution in [1.82, 2.24) is 10.2 Å². The van der Waals surface area contributed by atoms with Crippen LogP contribution in [0.25, 0.3) is 0 Å². The van der Waals surface area contributed by atoms with Crippen molar-refractivity contribution in [1.29, 1.82) is 0 Å². The Kier molecular flexibility index (Phi) is 9.39. The number of carbonyl (C=O) groups is 2. The Bertz CT molecular complexity index is 1120. The molecule has 0 fully saturated rings. The molecular formula is C24H31Cl2N3O4S. The van der Waals surface area contributed by atoms with Crippen molar-refractivity contribution >= 4 is 50.7 Å². The molecule has 10 heteroatoms. The number of benzene rings is 2. The minimum Gasteiger partial charge on any atom is -0.350 e. The van der Waals surface area contributed by atoms with E-state index in [-0.39, 0.29) is 12.5 Å². The molecule has 0 radical (unpaired) electrons. The summed E-state index contributed by atoms with van der Waals surface area (Å²) in [6.45, 7) is 6.95. The van der Waals surface area contributed by atoms with Gasteiger partial charge in [-0.1, -0.05) is 54.4 Å². The van der Waals surface area contributed by atoms with Crippen molar-refractivity contribution in [3.63, 3.8) is 0 Å². The number of carbonyl (C=O) groups excluding carboxylic acids is 2. The van der Waals surface area contributed by atoms with Crippen LogP contribution in [0.3, 0.4) is 0 Å². The lowest BCUT2D eigenvalue weighted by atomic mass is 10.1. The van der Waals surface area contributed by atoms with Gasteiger partial charge in [-0.25, -0.2) is 8.42 Å². The van der Waals surface area contributed by atoms with E-state index in [0.29, 0.717) is 27.7 Å². The Labute approximate surface area is 212 Å². The summed E-state index contributed by atoms with van der Waals surface area (Å²) in [6.07, 6.45) is 1.37. The molecule has 186 valence electrons. The Morgan fingerprint density at radius 3 is 2.15 bits per heavy atom. The number of hydrogen-bond donors (Lipinski definition) is 1. The molecule has 1 N–H and O–H groups in total. The van der Waals surface area contributed by atoms with Gasteiger partial charge in [-0.05, 0) is 57.0 Å². The largest absolute Gasteiger partial charge is 0.350 e. The molecule has 2 amide bonds. The number of para-hydroxylation sites is 1. The monoisotopic (exact) mass is 527 g/mol. The first-order valence-electron chi connectivity index (χ1n) is 10.8. The van der Waals surface area contributed by atoms with E-state index in [0.717, 1.165) is 10.6 Å². The van der Waals surface area contributed by atoms with Gasteiger partial charge < -0.3 is 10.2 Å². The second-order valence-corrected chi connectivity index (χ2v) is 11.8. The fourth-order valence-electron chi connectivity index (χ4n) is 3.42. The summed E-state index contributed by atoms with van der Waals surface area (Å²) in [5.74, 6) is -0.842. The van der Waals surface area contributed by atoms with E-state index >= 15 is 0 Å². The van der Waals surface area contributed by atoms with Crippen LogP contribution in [0.5, 0.6) is 0 Å². The molecule has 2 aromatic carbocycles. The zero-order chi connectivity index (χ0) is 25.7. The molecule has 0 unspecified atom stereocenters. The van der Waals surface area contributed by atoms with E-state index in [1.807, 2.05) is 20.8 Å². The summed E-state index contributed by atoms with van der Waals surface area (Å²) in [5.41, 5.74) is 0.515. The number of amides is 2. The lowest BCUT2D eigenvalue weighted by molar-refractivity contribution is -0.141. The van der Waals surface area contributed by atoms with Crippen molar-refractivity contribution in [2.75, 3.05) is 17.1 Å². The van der Waals surface area contributed by atoms with Crippen LogP contribution in [0, 0.1) is 0 Å². The van der Waals surface area contributed by atoms with Gasteiger partial charge in [0.15, 0.2) is 0 Å². The molecule has 0 bridgehead atoms. The van der Waals surface area contributed by atoms with Gasteiger partial charge in [0.1, 0.15) is 12.6 Å². The lowest BCUT2D eigenvalue weighted by Gasteiger charge is -2.34. The van der Waals surface area contributed by atoms with Crippen LogP contribution >= 0.6 is 23.2 Å². The van der Waals surface area contributed by atoms with Crippen molar-refractivity contribution in [2.24, 2.45) is 0 Å². The van der Waals surface area contributed by atoms with E-state index in [1.165, 1.54) is 4.90 Å². The van der Waals surface area contributed by atoms with Crippen molar-refractivity contribution in [3.8, 4) is 0 Å². The van der Waals surface area contributed by atoms with E-state index in [9.17, 15) is 18.0 Å². The zero-order valence-electron chi connectivity index (χ0n) is 20.0. The van der Waals surface area contributed by atoms with Crippen LogP contribution in [0.1, 0.15) is 39.7 Å². The molecule has 0 aromatic heterocycles. The third-order valence-corrected chi connectivity index (χ3v) is 6.82. The summed E-state index contributed by atoms with van der Waals surface area (Å²) < 4.78 is 26.1. The maximum atomic E-state index is 13.6. The van der Waals surface area contributed by atoms with Crippen molar-refractivity contribution in [3.05, 3.63) is 64.1 Å². The number of hydrogen-bond acceptors (Lipinski definition) is 4. The number of sulfonamides is 1. The smallest absolute Gasteiger partial charge is 0.244 e. The van der Waals surface area contributed by atoms with E-state index in [4.69, 9.17) is 23.2 Å². The molecule has 0 aliphatic carbocycles. The molecule has 0 aliphatic heterocycles. The summed E-state index contributed by atoms with van der Waals surface area (Å²) in [5, 5.41) is 3.60. The van der Waals surface area contributed by atoms with Gasteiger partial charge >= 0.3 is 0 Å². The summed E-state index contributed by atoms with van der Waals surface area (Å²) in [6, 6.07) is 12.5. The Morgan fingerprint density at radius 2 is 1.65 bits per heavy atom. The molecule has 2 aromatic rings. The van der Waals surface area contributed by atoms with Crippen molar-refractivity contribution in [2.45, 2.75) is 52.2 Å². The minimum absolute atomic E-state index is 0.0538. The Morgan fingerprint density at radius 1 is 1.03 bits per heavy atom. The number of rotatable bonds is 9. The van der Waals surface area contributed by atoms with Gasteiger partial charge in [-0.3, -0.25) is 13.9 Å². The Hall–Kier alpha value is -2.29. The summed E-state index contributed by atoms with van der Waals surface area (Å²) >= 11 is 12.2. The maximum Gasteiger partial charge on any atom is 0.244 e. The highest BCUT2D eigenvalue weighted by Crippen LogP contribution is 2.25. The first-order valence-corrected chi connectivity index (χ1v) is 13.4. The summed E-state index contributed by atoms with van der Waals surface area (Å²) in [7, 11) is -3.77. The fourth-order valence-corrected chi connectivity index (χ4v) is 4.59. The van der Waals surface area contributed by atoms with Crippen LogP contribution in [-0.4, -0.2) is 49.5 Å². The maximum absolute atomic E-state index is 13.6. The second-order valence-electron chi connectivity index (χ2n) is 9.04. The molecule has 1 atom stereocenters. The average Bonchev–Trinajstić information content (AvgIpc) is 2.72. The van der Waals surface area contributed by atoms with Crippen LogP contribution in [0.15, 0.2) is 48.5 Å². The van der Waals surface area contributed by atoms with Crippen LogP contribution in [-0.2, 0) is 26.2 Å². The van der Waals surface area contributed by atoms with Gasteiger partial charge in [0, 0.05) is 12.1 Å². The van der Waals surface area contributed by atoms with Crippen LogP contribution in [0.4, 0.5) is 5.69 Å². The highest BCUT2D eigenvalue weighted by molar-refractivity contribution is 7.92. The third-order valence-electron chi connectivity index (χ3n) is 4.94. The van der Waals surface area contributed by atoms with Gasteiger partial charge in [-0.15, -0.1) is 0 Å². The van der Waals surface area contributed by atoms with Gasteiger partial charge in [0.25, 0.3) is 0 Å². The van der Waals surface area contributed by atoms with Gasteiger partial charge in [0.2, 0.25) is 21.8 Å². The molecule has 0 saturated carbocycles. The average molecular weight is 529 g/mol. The predicted octanol–water partition coefficient (Wildman–Crippen LogP) is 4.48. The van der Waals surface area contributed by atoms with E-state index in [2.05, 4.69) is 5.32 Å². The SMILES string of the molecule is CC[C@@H](C(=O)NC(C)(C)C)N(Cc1ccc(Cl)c(Cl)c1)C(=O)CN(c1ccccc1)S(C)(=O)=O. The van der Waals surface area contributed by atoms with E-state index < -0.39 is 34.1 Å². The number of nitrogens with zero attached hydrogens (tertiary/aromatic N) is 2. The molecule has 0 heterocycles. The second kappa shape index (κ2) is 11.4. The topological polar surface area (TPSA) is 86.8 Å². The van der Waals surface area contributed by atoms with Crippen LogP contribution < -0.4 is 9.62 Å². The first kappa shape index (κ1) is 28.0. The third kappa shape index (κ3) is 7.89. The highest BCUT2D eigenvalue weighted by atomic mass is 35.5. The predicted molar refractivity (Wildman–Crippen MR) is 138 cm³/mol. The van der Waals surface area contributed by atoms with Crippen LogP contribution in [0.2, 0.25) is 10.0 Å². The van der Waals surface area contributed by atoms with E-state index in [1.54, 1.807) is 55.5 Å². The standard InChI is InChI=1S/C24H31Cl2N3O4S/c1-6-21(23(31)27-24(2,3)4)28(15-17-12-13-19(25)20(26)14-17)22(30)16-29(34(5,32)33)18-10-8-7-9-11-18/h7-14,21H,6,15-16H2,1-5H3,(H,27,31)/t21-/m0/s1. The lowest BCUT2D eigenvalue weighted by Crippen LogP contribution is -2.55. The highest BCUT2D eigenvalue weighted by Gasteiger charge is 2.33. The summed E-state index contributed by atoms with van der Waals surface area (Å²) in [4.78, 5) is 28.1. The van der Waals surface area contributed by atoms with Gasteiger partial charge in [0.05, 0.1) is 22.0 Å². The molecule has 0 saturated heterocycles.